The van der Waals surface area contributed by atoms with Crippen LogP contribution in [0.2, 0.25) is 0 Å². The van der Waals surface area contributed by atoms with Gasteiger partial charge in [0, 0.05) is 6.92 Å². The minimum atomic E-state index is -0.403. The molecule has 0 aliphatic rings. The monoisotopic (exact) mass is 326 g/mol. The fraction of sp³-hybridized carbons (Fsp3) is 0.250. The molecule has 0 radical (unpaired) electrons. The number of rotatable bonds is 4. The highest BCUT2D eigenvalue weighted by atomic mass is 79.9. The third kappa shape index (κ3) is 3.31. The molecule has 1 heterocycles. The molecule has 0 atom stereocenters. The number of carbonyl (C=O) groups is 1. The van der Waals surface area contributed by atoms with Crippen LogP contribution in [0.1, 0.15) is 22.1 Å². The molecule has 6 nitrogen and oxygen atoms in total. The highest BCUT2D eigenvalue weighted by Crippen LogP contribution is 2.27. The third-order valence-electron chi connectivity index (χ3n) is 2.27. The Morgan fingerprint density at radius 2 is 2.21 bits per heavy atom. The van der Waals surface area contributed by atoms with Crippen LogP contribution < -0.4 is 4.74 Å². The van der Waals surface area contributed by atoms with Crippen molar-refractivity contribution >= 4 is 21.9 Å². The molecular weight excluding hydrogens is 316 g/mol. The summed E-state index contributed by atoms with van der Waals surface area (Å²) in [4.78, 5) is 11.3. The standard InChI is InChI=1S/C12H11BrN2O4/c1-7-14-15-11(19-7)6-18-10-4-3-8(5-9(10)13)12(16)17-2/h3-5H,6H2,1-2H3. The molecule has 0 spiro atoms. The summed E-state index contributed by atoms with van der Waals surface area (Å²) in [5.41, 5.74) is 0.440. The third-order valence-corrected chi connectivity index (χ3v) is 2.89. The van der Waals surface area contributed by atoms with E-state index in [1.807, 2.05) is 0 Å². The lowest BCUT2D eigenvalue weighted by Gasteiger charge is -2.07. The zero-order valence-corrected chi connectivity index (χ0v) is 11.9. The van der Waals surface area contributed by atoms with Crippen LogP contribution >= 0.6 is 15.9 Å². The lowest BCUT2D eigenvalue weighted by molar-refractivity contribution is 0.0600. The number of halogens is 1. The van der Waals surface area contributed by atoms with Crippen molar-refractivity contribution in [2.75, 3.05) is 7.11 Å². The number of benzene rings is 1. The molecule has 0 aliphatic heterocycles. The van der Waals surface area contributed by atoms with Crippen LogP contribution in [0, 0.1) is 6.92 Å². The van der Waals surface area contributed by atoms with E-state index >= 15 is 0 Å². The van der Waals surface area contributed by atoms with Gasteiger partial charge in [-0.05, 0) is 34.1 Å². The van der Waals surface area contributed by atoms with E-state index in [1.165, 1.54) is 7.11 Å². The molecule has 1 aromatic carbocycles. The molecule has 19 heavy (non-hydrogen) atoms. The van der Waals surface area contributed by atoms with Crippen molar-refractivity contribution in [2.45, 2.75) is 13.5 Å². The Kier molecular flexibility index (Phi) is 4.16. The molecule has 2 aromatic rings. The van der Waals surface area contributed by atoms with Gasteiger partial charge in [-0.15, -0.1) is 10.2 Å². The number of aromatic nitrogens is 2. The summed E-state index contributed by atoms with van der Waals surface area (Å²) in [6.07, 6.45) is 0. The van der Waals surface area contributed by atoms with Crippen LogP contribution in [0.25, 0.3) is 0 Å². The maximum atomic E-state index is 11.3. The summed E-state index contributed by atoms with van der Waals surface area (Å²) in [6.45, 7) is 1.87. The lowest BCUT2D eigenvalue weighted by Crippen LogP contribution is -2.02. The van der Waals surface area contributed by atoms with Gasteiger partial charge in [0.15, 0.2) is 6.61 Å². The summed E-state index contributed by atoms with van der Waals surface area (Å²) in [6, 6.07) is 4.91. The Balaban J connectivity index is 2.07. The zero-order valence-electron chi connectivity index (χ0n) is 10.3. The van der Waals surface area contributed by atoms with Crippen molar-refractivity contribution in [2.24, 2.45) is 0 Å². The number of aryl methyl sites for hydroxylation is 1. The number of hydrogen-bond acceptors (Lipinski definition) is 6. The van der Waals surface area contributed by atoms with Crippen molar-refractivity contribution in [3.63, 3.8) is 0 Å². The molecule has 1 aromatic heterocycles. The van der Waals surface area contributed by atoms with Crippen LogP contribution in [0.4, 0.5) is 0 Å². The second kappa shape index (κ2) is 5.83. The molecule has 0 N–H and O–H groups in total. The van der Waals surface area contributed by atoms with E-state index in [9.17, 15) is 4.79 Å². The Morgan fingerprint density at radius 1 is 1.42 bits per heavy atom. The van der Waals surface area contributed by atoms with E-state index in [-0.39, 0.29) is 6.61 Å². The van der Waals surface area contributed by atoms with Crippen LogP contribution in [0.15, 0.2) is 27.1 Å². The van der Waals surface area contributed by atoms with Crippen molar-refractivity contribution in [1.82, 2.24) is 10.2 Å². The minimum absolute atomic E-state index is 0.164. The SMILES string of the molecule is COC(=O)c1ccc(OCc2nnc(C)o2)c(Br)c1. The summed E-state index contributed by atoms with van der Waals surface area (Å²) in [5, 5.41) is 7.52. The molecule has 100 valence electrons. The van der Waals surface area contributed by atoms with Gasteiger partial charge >= 0.3 is 5.97 Å². The van der Waals surface area contributed by atoms with Gasteiger partial charge in [0.25, 0.3) is 5.89 Å². The van der Waals surface area contributed by atoms with E-state index in [1.54, 1.807) is 25.1 Å². The summed E-state index contributed by atoms with van der Waals surface area (Å²) in [5.74, 6) is 1.04. The van der Waals surface area contributed by atoms with E-state index in [2.05, 4.69) is 30.9 Å². The minimum Gasteiger partial charge on any atom is -0.483 e. The molecule has 0 saturated heterocycles. The Bertz CT molecular complexity index is 597. The fourth-order valence-electron chi connectivity index (χ4n) is 1.40. The van der Waals surface area contributed by atoms with Gasteiger partial charge in [-0.2, -0.15) is 0 Å². The van der Waals surface area contributed by atoms with Gasteiger partial charge in [0.1, 0.15) is 5.75 Å². The quantitative estimate of drug-likeness (QED) is 0.803. The first-order chi connectivity index (χ1) is 9.10. The second-order valence-corrected chi connectivity index (χ2v) is 4.49. The average molecular weight is 327 g/mol. The van der Waals surface area contributed by atoms with Crippen molar-refractivity contribution in [3.05, 3.63) is 40.0 Å². The van der Waals surface area contributed by atoms with Gasteiger partial charge in [0.2, 0.25) is 5.89 Å². The summed E-state index contributed by atoms with van der Waals surface area (Å²) < 4.78 is 16.0. The second-order valence-electron chi connectivity index (χ2n) is 3.64. The molecule has 0 saturated carbocycles. The van der Waals surface area contributed by atoms with Crippen LogP contribution in [-0.2, 0) is 11.3 Å². The molecule has 7 heteroatoms. The van der Waals surface area contributed by atoms with E-state index in [4.69, 9.17) is 9.15 Å². The van der Waals surface area contributed by atoms with Crippen LogP contribution in [-0.4, -0.2) is 23.3 Å². The van der Waals surface area contributed by atoms with Crippen molar-refractivity contribution in [3.8, 4) is 5.75 Å². The van der Waals surface area contributed by atoms with Crippen molar-refractivity contribution < 1.29 is 18.7 Å². The fourth-order valence-corrected chi connectivity index (χ4v) is 1.89. The largest absolute Gasteiger partial charge is 0.483 e. The first kappa shape index (κ1) is 13.5. The molecule has 0 amide bonds. The Labute approximate surface area is 117 Å². The first-order valence-corrected chi connectivity index (χ1v) is 6.19. The topological polar surface area (TPSA) is 74.5 Å². The van der Waals surface area contributed by atoms with Crippen LogP contribution in [0.3, 0.4) is 0 Å². The zero-order chi connectivity index (χ0) is 13.8. The van der Waals surface area contributed by atoms with E-state index < -0.39 is 5.97 Å². The number of methoxy groups -OCH3 is 1. The number of hydrogen-bond donors (Lipinski definition) is 0. The Morgan fingerprint density at radius 3 is 2.79 bits per heavy atom. The van der Waals surface area contributed by atoms with Gasteiger partial charge in [-0.3, -0.25) is 0 Å². The predicted molar refractivity (Wildman–Crippen MR) is 68.8 cm³/mol. The number of esters is 1. The average Bonchev–Trinajstić information content (AvgIpc) is 2.82. The highest BCUT2D eigenvalue weighted by Gasteiger charge is 2.10. The van der Waals surface area contributed by atoms with Gasteiger partial charge < -0.3 is 13.9 Å². The van der Waals surface area contributed by atoms with E-state index in [0.29, 0.717) is 27.6 Å². The molecule has 0 unspecified atom stereocenters. The highest BCUT2D eigenvalue weighted by molar-refractivity contribution is 9.10. The Hall–Kier alpha value is -1.89. The summed E-state index contributed by atoms with van der Waals surface area (Å²) in [7, 11) is 1.33. The van der Waals surface area contributed by atoms with Gasteiger partial charge in [-0.25, -0.2) is 4.79 Å². The number of nitrogens with zero attached hydrogens (tertiary/aromatic N) is 2. The number of carbonyl (C=O) groups excluding carboxylic acids is 1. The van der Waals surface area contributed by atoms with Crippen LogP contribution in [0.5, 0.6) is 5.75 Å². The molecule has 0 bridgehead atoms. The molecule has 0 aliphatic carbocycles. The lowest BCUT2D eigenvalue weighted by atomic mass is 10.2. The van der Waals surface area contributed by atoms with Gasteiger partial charge in [0.05, 0.1) is 17.1 Å². The molecule has 2 rings (SSSR count). The normalized spacial score (nSPS) is 10.3. The smallest absolute Gasteiger partial charge is 0.337 e. The summed E-state index contributed by atoms with van der Waals surface area (Å²) >= 11 is 3.32. The molecule has 0 fully saturated rings. The maximum Gasteiger partial charge on any atom is 0.337 e. The van der Waals surface area contributed by atoms with Gasteiger partial charge in [-0.1, -0.05) is 0 Å². The maximum absolute atomic E-state index is 11.3. The van der Waals surface area contributed by atoms with E-state index in [0.717, 1.165) is 0 Å². The first-order valence-electron chi connectivity index (χ1n) is 5.40. The van der Waals surface area contributed by atoms with Crippen molar-refractivity contribution in [1.29, 1.82) is 0 Å². The molecular formula is C12H11BrN2O4. The predicted octanol–water partition coefficient (Wildman–Crippen LogP) is 2.51. The number of ether oxygens (including phenoxy) is 2.